The average molecular weight is 360 g/mol. The Bertz CT molecular complexity index is 812. The molecule has 0 amide bonds. The summed E-state index contributed by atoms with van der Waals surface area (Å²) in [4.78, 5) is 4.45. The second kappa shape index (κ2) is 8.08. The molecule has 0 saturated carbocycles. The first-order valence-electron chi connectivity index (χ1n) is 6.29. The van der Waals surface area contributed by atoms with Crippen molar-refractivity contribution in [1.29, 1.82) is 0 Å². The van der Waals surface area contributed by atoms with Gasteiger partial charge in [-0.3, -0.25) is 0 Å². The largest absolute Gasteiger partial charge is 0.304 e. The predicted molar refractivity (Wildman–Crippen MR) is 87.8 cm³/mol. The van der Waals surface area contributed by atoms with Crippen molar-refractivity contribution in [3.05, 3.63) is 71.9 Å². The number of halogens is 2. The molecule has 0 fully saturated rings. The molecule has 23 heavy (non-hydrogen) atoms. The third-order valence-electron chi connectivity index (χ3n) is 2.89. The summed E-state index contributed by atoms with van der Waals surface area (Å²) in [6, 6.07) is 14.4. The predicted octanol–water partition coefficient (Wildman–Crippen LogP) is 3.11. The molecule has 0 aliphatic carbocycles. The van der Waals surface area contributed by atoms with Crippen molar-refractivity contribution in [3.63, 3.8) is 0 Å². The van der Waals surface area contributed by atoms with E-state index in [0.717, 1.165) is 0 Å². The van der Waals surface area contributed by atoms with E-state index in [-0.39, 0.29) is 40.5 Å². The molecule has 4 nitrogen and oxygen atoms in total. The number of aromatic nitrogens is 2. The molecular formula is C15H10ClFN2NaO2S. The van der Waals surface area contributed by atoms with Gasteiger partial charge in [-0.05, 0) is 36.4 Å². The van der Waals surface area contributed by atoms with Crippen LogP contribution in [0, 0.1) is 5.82 Å². The molecule has 3 rings (SSSR count). The van der Waals surface area contributed by atoms with Crippen LogP contribution in [0.5, 0.6) is 0 Å². The van der Waals surface area contributed by atoms with E-state index < -0.39 is 11.1 Å². The number of hydrogen-bond donors (Lipinski definition) is 0. The summed E-state index contributed by atoms with van der Waals surface area (Å²) in [6.07, 6.45) is 1.32. The Morgan fingerprint density at radius 3 is 2.39 bits per heavy atom. The molecule has 1 unspecified atom stereocenters. The zero-order valence-corrected chi connectivity index (χ0v) is 15.7. The summed E-state index contributed by atoms with van der Waals surface area (Å²) >= 11 is 4.32. The van der Waals surface area contributed by atoms with E-state index in [2.05, 4.69) is 4.98 Å². The second-order valence-electron chi connectivity index (χ2n) is 4.34. The third-order valence-corrected chi connectivity index (χ3v) is 4.12. The molecule has 8 heteroatoms. The zero-order chi connectivity index (χ0) is 15.5. The van der Waals surface area contributed by atoms with Crippen LogP contribution in [-0.2, 0) is 11.1 Å². The van der Waals surface area contributed by atoms with Crippen molar-refractivity contribution in [2.24, 2.45) is 0 Å². The maximum Gasteiger partial charge on any atom is 0.263 e. The Balaban J connectivity index is 0.00000192. The molecule has 0 spiro atoms. The SMILES string of the molecule is O=S(On1cnc(Cl)c1-c1ccc(F)cc1)c1ccccc1.[Na]. The van der Waals surface area contributed by atoms with Gasteiger partial charge in [-0.1, -0.05) is 29.8 Å². The fourth-order valence-corrected chi connectivity index (χ4v) is 2.83. The average Bonchev–Trinajstić information content (AvgIpc) is 2.90. The van der Waals surface area contributed by atoms with Crippen LogP contribution in [0.15, 0.2) is 65.8 Å². The van der Waals surface area contributed by atoms with E-state index in [0.29, 0.717) is 16.2 Å². The minimum absolute atomic E-state index is 0. The zero-order valence-electron chi connectivity index (χ0n) is 12.1. The van der Waals surface area contributed by atoms with E-state index in [4.69, 9.17) is 15.9 Å². The molecule has 3 aromatic rings. The van der Waals surface area contributed by atoms with Crippen LogP contribution < -0.4 is 4.28 Å². The van der Waals surface area contributed by atoms with Crippen molar-refractivity contribution in [2.45, 2.75) is 4.90 Å². The Morgan fingerprint density at radius 2 is 1.74 bits per heavy atom. The maximum atomic E-state index is 13.0. The first-order valence-corrected chi connectivity index (χ1v) is 7.75. The third kappa shape index (κ3) is 4.22. The van der Waals surface area contributed by atoms with Gasteiger partial charge in [0.1, 0.15) is 17.8 Å². The quantitative estimate of drug-likeness (QED) is 0.672. The monoisotopic (exact) mass is 359 g/mol. The van der Waals surface area contributed by atoms with E-state index in [1.165, 1.54) is 23.2 Å². The van der Waals surface area contributed by atoms with Crippen LogP contribution in [-0.4, -0.2) is 43.5 Å². The van der Waals surface area contributed by atoms with Crippen LogP contribution >= 0.6 is 11.6 Å². The fourth-order valence-electron chi connectivity index (χ4n) is 1.87. The number of rotatable bonds is 4. The van der Waals surface area contributed by atoms with Crippen molar-refractivity contribution in [3.8, 4) is 11.3 Å². The Morgan fingerprint density at radius 1 is 1.09 bits per heavy atom. The van der Waals surface area contributed by atoms with Gasteiger partial charge < -0.3 is 4.28 Å². The smallest absolute Gasteiger partial charge is 0.263 e. The molecule has 1 radical (unpaired) electrons. The van der Waals surface area contributed by atoms with Gasteiger partial charge >= 0.3 is 0 Å². The molecule has 0 bridgehead atoms. The van der Waals surface area contributed by atoms with E-state index in [9.17, 15) is 8.60 Å². The molecule has 0 saturated heterocycles. The van der Waals surface area contributed by atoms with Crippen molar-refractivity contribution >= 4 is 52.2 Å². The molecule has 0 aliphatic rings. The van der Waals surface area contributed by atoms with E-state index in [1.54, 1.807) is 36.4 Å². The van der Waals surface area contributed by atoms with Gasteiger partial charge in [-0.25, -0.2) is 13.6 Å². The topological polar surface area (TPSA) is 44.1 Å². The van der Waals surface area contributed by atoms with Crippen molar-refractivity contribution in [2.75, 3.05) is 0 Å². The summed E-state index contributed by atoms with van der Waals surface area (Å²) in [6.45, 7) is 0. The summed E-state index contributed by atoms with van der Waals surface area (Å²) < 4.78 is 31.8. The number of nitrogens with zero attached hydrogens (tertiary/aromatic N) is 2. The van der Waals surface area contributed by atoms with Gasteiger partial charge in [0.2, 0.25) is 0 Å². The van der Waals surface area contributed by atoms with Crippen LogP contribution in [0.3, 0.4) is 0 Å². The summed E-state index contributed by atoms with van der Waals surface area (Å²) in [7, 11) is 0. The van der Waals surface area contributed by atoms with Crippen molar-refractivity contribution in [1.82, 2.24) is 9.71 Å². The van der Waals surface area contributed by atoms with Gasteiger partial charge in [0.25, 0.3) is 11.1 Å². The Labute approximate surface area is 162 Å². The summed E-state index contributed by atoms with van der Waals surface area (Å²) in [5.74, 6) is -0.361. The Kier molecular flexibility index (Phi) is 6.38. The molecule has 2 aromatic carbocycles. The van der Waals surface area contributed by atoms with Crippen LogP contribution in [0.4, 0.5) is 4.39 Å². The summed E-state index contributed by atoms with van der Waals surface area (Å²) in [5.41, 5.74) is 1.01. The number of hydrogen-bond acceptors (Lipinski definition) is 3. The van der Waals surface area contributed by atoms with Crippen molar-refractivity contribution < 1.29 is 12.9 Å². The normalized spacial score (nSPS) is 11.6. The minimum Gasteiger partial charge on any atom is -0.304 e. The first-order chi connectivity index (χ1) is 10.6. The van der Waals surface area contributed by atoms with Gasteiger partial charge in [0.05, 0.1) is 4.90 Å². The van der Waals surface area contributed by atoms with Crippen LogP contribution in [0.2, 0.25) is 5.15 Å². The Hall–Kier alpha value is -1.18. The van der Waals surface area contributed by atoms with Gasteiger partial charge in [0, 0.05) is 35.1 Å². The molecule has 0 aliphatic heterocycles. The molecule has 113 valence electrons. The number of imidazole rings is 1. The summed E-state index contributed by atoms with van der Waals surface area (Å²) in [5, 5.41) is 0.177. The van der Waals surface area contributed by atoms with E-state index >= 15 is 0 Å². The van der Waals surface area contributed by atoms with Gasteiger partial charge in [-0.2, -0.15) is 4.73 Å². The number of benzene rings is 2. The molecule has 1 atom stereocenters. The van der Waals surface area contributed by atoms with Crippen LogP contribution in [0.1, 0.15) is 0 Å². The maximum absolute atomic E-state index is 13.0. The van der Waals surface area contributed by atoms with E-state index in [1.807, 2.05) is 6.07 Å². The molecular weight excluding hydrogens is 350 g/mol. The first kappa shape index (κ1) is 18.2. The van der Waals surface area contributed by atoms with Gasteiger partial charge in [-0.15, -0.1) is 0 Å². The minimum atomic E-state index is -1.72. The van der Waals surface area contributed by atoms with Crippen LogP contribution in [0.25, 0.3) is 11.3 Å². The molecule has 0 N–H and O–H groups in total. The fraction of sp³-hybridized carbons (Fsp3) is 0. The van der Waals surface area contributed by atoms with Gasteiger partial charge in [0.15, 0.2) is 5.15 Å². The standard InChI is InChI=1S/C15H10ClFN2O2S.Na/c16-15-14(11-6-8-12(17)9-7-11)19(10-18-15)21-22(20)13-4-2-1-3-5-13;/h1-10H;. The second-order valence-corrected chi connectivity index (χ2v) is 5.79. The molecule has 1 heterocycles. The molecule has 1 aromatic heterocycles.